The van der Waals surface area contributed by atoms with Crippen molar-refractivity contribution >= 4 is 33.2 Å². The van der Waals surface area contributed by atoms with Gasteiger partial charge in [-0.05, 0) is 46.5 Å². The molecule has 0 aliphatic rings. The van der Waals surface area contributed by atoms with Crippen molar-refractivity contribution in [3.63, 3.8) is 0 Å². The molecule has 0 fully saturated rings. The van der Waals surface area contributed by atoms with Crippen molar-refractivity contribution in [1.29, 1.82) is 0 Å². The third kappa shape index (κ3) is 3.43. The second kappa shape index (κ2) is 6.16. The van der Waals surface area contributed by atoms with Gasteiger partial charge in [0.2, 0.25) is 0 Å². The Hall–Kier alpha value is -1.13. The second-order valence-electron chi connectivity index (χ2n) is 4.06. The van der Waals surface area contributed by atoms with Crippen LogP contribution in [0, 0.1) is 6.92 Å². The van der Waals surface area contributed by atoms with E-state index in [1.807, 2.05) is 31.2 Å². The molecule has 0 saturated carbocycles. The molecular formula is C14H14BrNOS. The number of nitrogens with one attached hydrogen (secondary N) is 1. The molecular weight excluding hydrogens is 310 g/mol. The molecule has 0 saturated heterocycles. The van der Waals surface area contributed by atoms with E-state index in [2.05, 4.69) is 33.4 Å². The monoisotopic (exact) mass is 323 g/mol. The van der Waals surface area contributed by atoms with Gasteiger partial charge in [-0.25, -0.2) is 0 Å². The average molecular weight is 324 g/mol. The highest BCUT2D eigenvalue weighted by molar-refractivity contribution is 9.11. The SMILES string of the molecule is Cc1cc(C(=O)NCCc2ccccc2)sc1Br. The second-order valence-corrected chi connectivity index (χ2v) is 6.43. The zero-order valence-corrected chi connectivity index (χ0v) is 12.5. The Morgan fingerprint density at radius 1 is 1.33 bits per heavy atom. The lowest BCUT2D eigenvalue weighted by molar-refractivity contribution is 0.0958. The molecule has 94 valence electrons. The summed E-state index contributed by atoms with van der Waals surface area (Å²) in [5.74, 6) is 0.00438. The van der Waals surface area contributed by atoms with Gasteiger partial charge in [0.1, 0.15) is 0 Å². The van der Waals surface area contributed by atoms with Gasteiger partial charge in [0.25, 0.3) is 5.91 Å². The molecule has 18 heavy (non-hydrogen) atoms. The Kier molecular flexibility index (Phi) is 4.55. The van der Waals surface area contributed by atoms with Crippen molar-refractivity contribution in [2.45, 2.75) is 13.3 Å². The fraction of sp³-hybridized carbons (Fsp3) is 0.214. The first-order valence-corrected chi connectivity index (χ1v) is 7.36. The van der Waals surface area contributed by atoms with E-state index in [-0.39, 0.29) is 5.91 Å². The lowest BCUT2D eigenvalue weighted by Crippen LogP contribution is -2.24. The topological polar surface area (TPSA) is 29.1 Å². The molecule has 0 spiro atoms. The van der Waals surface area contributed by atoms with Crippen LogP contribution in [-0.4, -0.2) is 12.5 Å². The van der Waals surface area contributed by atoms with Crippen LogP contribution in [0.5, 0.6) is 0 Å². The maximum atomic E-state index is 11.9. The minimum Gasteiger partial charge on any atom is -0.351 e. The summed E-state index contributed by atoms with van der Waals surface area (Å²) in [5, 5.41) is 2.94. The molecule has 0 aliphatic carbocycles. The maximum Gasteiger partial charge on any atom is 0.261 e. The molecule has 0 atom stereocenters. The van der Waals surface area contributed by atoms with Crippen LogP contribution in [0.2, 0.25) is 0 Å². The minimum absolute atomic E-state index is 0.00438. The number of carbonyl (C=O) groups excluding carboxylic acids is 1. The molecule has 1 N–H and O–H groups in total. The zero-order valence-electron chi connectivity index (χ0n) is 10.1. The van der Waals surface area contributed by atoms with E-state index < -0.39 is 0 Å². The van der Waals surface area contributed by atoms with Gasteiger partial charge < -0.3 is 5.32 Å². The molecule has 0 radical (unpaired) electrons. The van der Waals surface area contributed by atoms with Gasteiger partial charge in [-0.2, -0.15) is 0 Å². The van der Waals surface area contributed by atoms with E-state index in [4.69, 9.17) is 0 Å². The summed E-state index contributed by atoms with van der Waals surface area (Å²) in [5.41, 5.74) is 2.34. The molecule has 0 unspecified atom stereocenters. The molecule has 0 bridgehead atoms. The first-order valence-electron chi connectivity index (χ1n) is 5.75. The first-order chi connectivity index (χ1) is 8.66. The summed E-state index contributed by atoms with van der Waals surface area (Å²) in [4.78, 5) is 12.6. The molecule has 1 heterocycles. The summed E-state index contributed by atoms with van der Waals surface area (Å²) in [6.45, 7) is 2.65. The molecule has 2 aromatic rings. The van der Waals surface area contributed by atoms with Crippen LogP contribution in [0.4, 0.5) is 0 Å². The van der Waals surface area contributed by atoms with E-state index >= 15 is 0 Å². The van der Waals surface area contributed by atoms with Crippen LogP contribution in [0.1, 0.15) is 20.8 Å². The Bertz CT molecular complexity index is 516. The zero-order chi connectivity index (χ0) is 13.0. The van der Waals surface area contributed by atoms with Gasteiger partial charge in [0, 0.05) is 6.54 Å². The largest absolute Gasteiger partial charge is 0.351 e. The van der Waals surface area contributed by atoms with Crippen molar-refractivity contribution in [3.8, 4) is 0 Å². The van der Waals surface area contributed by atoms with Crippen LogP contribution in [0.25, 0.3) is 0 Å². The van der Waals surface area contributed by atoms with E-state index in [0.717, 1.165) is 20.6 Å². The Morgan fingerprint density at radius 3 is 2.67 bits per heavy atom. The highest BCUT2D eigenvalue weighted by Crippen LogP contribution is 2.27. The fourth-order valence-corrected chi connectivity index (χ4v) is 3.08. The van der Waals surface area contributed by atoms with E-state index in [9.17, 15) is 4.79 Å². The average Bonchev–Trinajstić information content (AvgIpc) is 2.71. The van der Waals surface area contributed by atoms with Crippen molar-refractivity contribution < 1.29 is 4.79 Å². The van der Waals surface area contributed by atoms with E-state index in [0.29, 0.717) is 6.54 Å². The van der Waals surface area contributed by atoms with Crippen LogP contribution in [0.15, 0.2) is 40.2 Å². The van der Waals surface area contributed by atoms with Crippen LogP contribution in [0.3, 0.4) is 0 Å². The fourth-order valence-electron chi connectivity index (χ4n) is 1.62. The highest BCUT2D eigenvalue weighted by Gasteiger charge is 2.10. The van der Waals surface area contributed by atoms with Gasteiger partial charge in [-0.15, -0.1) is 11.3 Å². The predicted molar refractivity (Wildman–Crippen MR) is 79.2 cm³/mol. The Balaban J connectivity index is 1.85. The number of aryl methyl sites for hydroxylation is 1. The van der Waals surface area contributed by atoms with Gasteiger partial charge in [-0.3, -0.25) is 4.79 Å². The normalized spacial score (nSPS) is 10.3. The van der Waals surface area contributed by atoms with Gasteiger partial charge in [0.05, 0.1) is 8.66 Å². The van der Waals surface area contributed by atoms with Crippen molar-refractivity contribution in [3.05, 3.63) is 56.2 Å². The number of hydrogen-bond acceptors (Lipinski definition) is 2. The van der Waals surface area contributed by atoms with Gasteiger partial charge in [-0.1, -0.05) is 30.3 Å². The minimum atomic E-state index is 0.00438. The van der Waals surface area contributed by atoms with Crippen molar-refractivity contribution in [1.82, 2.24) is 5.32 Å². The molecule has 1 aromatic heterocycles. The summed E-state index contributed by atoms with van der Waals surface area (Å²) < 4.78 is 1.02. The van der Waals surface area contributed by atoms with Crippen LogP contribution >= 0.6 is 27.3 Å². The molecule has 2 rings (SSSR count). The Labute approximate surface area is 119 Å². The molecule has 4 heteroatoms. The number of thiophene rings is 1. The lowest BCUT2D eigenvalue weighted by atomic mass is 10.1. The van der Waals surface area contributed by atoms with E-state index in [1.54, 1.807) is 0 Å². The molecule has 1 aromatic carbocycles. The molecule has 2 nitrogen and oxygen atoms in total. The standard InChI is InChI=1S/C14H14BrNOS/c1-10-9-12(18-13(10)15)14(17)16-8-7-11-5-3-2-4-6-11/h2-6,9H,7-8H2,1H3,(H,16,17). The first kappa shape index (κ1) is 13.3. The molecule has 1 amide bonds. The predicted octanol–water partition coefficient (Wildman–Crippen LogP) is 3.79. The summed E-state index contributed by atoms with van der Waals surface area (Å²) in [6.07, 6.45) is 0.859. The third-order valence-corrected chi connectivity index (χ3v) is 4.76. The number of halogens is 1. The van der Waals surface area contributed by atoms with Crippen molar-refractivity contribution in [2.75, 3.05) is 6.54 Å². The van der Waals surface area contributed by atoms with Gasteiger partial charge >= 0.3 is 0 Å². The number of rotatable bonds is 4. The molecule has 0 aliphatic heterocycles. The number of benzene rings is 1. The lowest BCUT2D eigenvalue weighted by Gasteiger charge is -2.03. The summed E-state index contributed by atoms with van der Waals surface area (Å²) >= 11 is 4.90. The number of amides is 1. The smallest absolute Gasteiger partial charge is 0.261 e. The third-order valence-electron chi connectivity index (χ3n) is 2.62. The summed E-state index contributed by atoms with van der Waals surface area (Å²) in [7, 11) is 0. The maximum absolute atomic E-state index is 11.9. The number of hydrogen-bond donors (Lipinski definition) is 1. The highest BCUT2D eigenvalue weighted by atomic mass is 79.9. The Morgan fingerprint density at radius 2 is 2.06 bits per heavy atom. The van der Waals surface area contributed by atoms with Crippen LogP contribution in [-0.2, 0) is 6.42 Å². The quantitative estimate of drug-likeness (QED) is 0.911. The summed E-state index contributed by atoms with van der Waals surface area (Å²) in [6, 6.07) is 12.1. The van der Waals surface area contributed by atoms with Crippen LogP contribution < -0.4 is 5.32 Å². The van der Waals surface area contributed by atoms with Crippen molar-refractivity contribution in [2.24, 2.45) is 0 Å². The van der Waals surface area contributed by atoms with E-state index in [1.165, 1.54) is 16.9 Å². The van der Waals surface area contributed by atoms with Gasteiger partial charge in [0.15, 0.2) is 0 Å². The number of carbonyl (C=O) groups is 1.